The van der Waals surface area contributed by atoms with Crippen molar-refractivity contribution in [3.8, 4) is 0 Å². The number of aromatic carboxylic acids is 1. The van der Waals surface area contributed by atoms with Gasteiger partial charge >= 0.3 is 11.7 Å². The van der Waals surface area contributed by atoms with Gasteiger partial charge in [-0.2, -0.15) is 0 Å². The number of aromatic nitrogens is 1. The molecular formula is C11H10N2O5. The van der Waals surface area contributed by atoms with Crippen LogP contribution in [0.5, 0.6) is 0 Å². The van der Waals surface area contributed by atoms with E-state index in [9.17, 15) is 14.4 Å². The summed E-state index contributed by atoms with van der Waals surface area (Å²) >= 11 is 0. The van der Waals surface area contributed by atoms with Gasteiger partial charge in [-0.1, -0.05) is 0 Å². The molecule has 0 radical (unpaired) electrons. The number of carboxylic acids is 1. The van der Waals surface area contributed by atoms with E-state index in [4.69, 9.17) is 9.52 Å². The molecule has 0 atom stereocenters. The second-order valence-electron chi connectivity index (χ2n) is 3.61. The molecule has 0 fully saturated rings. The number of nitrogens with zero attached hydrogens (tertiary/aromatic N) is 1. The van der Waals surface area contributed by atoms with Crippen LogP contribution in [0.3, 0.4) is 0 Å². The third-order valence-corrected chi connectivity index (χ3v) is 2.50. The standard InChI is InChI=1S/C11H10N2O5/c1-12-9(14)5-13-7-3-2-6(10(15)16)4-8(7)18-11(13)17/h2-4H,5H2,1H3,(H,12,14)(H,15,16). The van der Waals surface area contributed by atoms with Gasteiger partial charge in [0.25, 0.3) is 0 Å². The number of carbonyl (C=O) groups excluding carboxylic acids is 1. The monoisotopic (exact) mass is 250 g/mol. The molecule has 0 unspecified atom stereocenters. The van der Waals surface area contributed by atoms with Crippen molar-refractivity contribution in [1.82, 2.24) is 9.88 Å². The Balaban J connectivity index is 2.55. The summed E-state index contributed by atoms with van der Waals surface area (Å²) < 4.78 is 6.04. The summed E-state index contributed by atoms with van der Waals surface area (Å²) in [7, 11) is 1.46. The zero-order valence-corrected chi connectivity index (χ0v) is 9.47. The highest BCUT2D eigenvalue weighted by molar-refractivity contribution is 5.92. The molecule has 18 heavy (non-hydrogen) atoms. The van der Waals surface area contributed by atoms with E-state index in [0.29, 0.717) is 5.52 Å². The quantitative estimate of drug-likeness (QED) is 0.800. The fraction of sp³-hybridized carbons (Fsp3) is 0.182. The van der Waals surface area contributed by atoms with Crippen molar-refractivity contribution in [2.45, 2.75) is 6.54 Å². The van der Waals surface area contributed by atoms with Gasteiger partial charge in [-0.15, -0.1) is 0 Å². The second-order valence-corrected chi connectivity index (χ2v) is 3.61. The lowest BCUT2D eigenvalue weighted by molar-refractivity contribution is -0.121. The summed E-state index contributed by atoms with van der Waals surface area (Å²) in [5.41, 5.74) is 0.542. The number of likely N-dealkylation sites (N-methyl/N-ethyl adjacent to an activating group) is 1. The van der Waals surface area contributed by atoms with Crippen LogP contribution >= 0.6 is 0 Å². The molecule has 2 N–H and O–H groups in total. The second kappa shape index (κ2) is 4.36. The van der Waals surface area contributed by atoms with E-state index < -0.39 is 11.7 Å². The molecule has 2 aromatic rings. The highest BCUT2D eigenvalue weighted by Crippen LogP contribution is 2.15. The van der Waals surface area contributed by atoms with Crippen molar-refractivity contribution in [2.24, 2.45) is 0 Å². The lowest BCUT2D eigenvalue weighted by Gasteiger charge is -2.00. The Labute approximate surface area is 101 Å². The molecule has 1 heterocycles. The Hall–Kier alpha value is -2.57. The van der Waals surface area contributed by atoms with Crippen molar-refractivity contribution in [3.05, 3.63) is 34.3 Å². The van der Waals surface area contributed by atoms with E-state index in [2.05, 4.69) is 5.32 Å². The average molecular weight is 250 g/mol. The highest BCUT2D eigenvalue weighted by atomic mass is 16.4. The van der Waals surface area contributed by atoms with Crippen LogP contribution in [0, 0.1) is 0 Å². The normalized spacial score (nSPS) is 10.5. The van der Waals surface area contributed by atoms with Gasteiger partial charge in [0.15, 0.2) is 5.58 Å². The third kappa shape index (κ3) is 1.97. The first-order valence-electron chi connectivity index (χ1n) is 5.10. The van der Waals surface area contributed by atoms with Crippen molar-refractivity contribution in [3.63, 3.8) is 0 Å². The number of amides is 1. The van der Waals surface area contributed by atoms with Gasteiger partial charge in [-0.3, -0.25) is 9.36 Å². The molecule has 0 saturated heterocycles. The van der Waals surface area contributed by atoms with Crippen LogP contribution in [-0.2, 0) is 11.3 Å². The van der Waals surface area contributed by atoms with Crippen LogP contribution in [0.4, 0.5) is 0 Å². The van der Waals surface area contributed by atoms with Crippen LogP contribution in [-0.4, -0.2) is 28.6 Å². The molecule has 0 saturated carbocycles. The van der Waals surface area contributed by atoms with Gasteiger partial charge in [0.2, 0.25) is 5.91 Å². The predicted molar refractivity (Wildman–Crippen MR) is 61.5 cm³/mol. The number of carbonyl (C=O) groups is 2. The van der Waals surface area contributed by atoms with Gasteiger partial charge in [-0.05, 0) is 18.2 Å². The van der Waals surface area contributed by atoms with Crippen LogP contribution < -0.4 is 11.1 Å². The van der Waals surface area contributed by atoms with Crippen molar-refractivity contribution in [2.75, 3.05) is 7.05 Å². The lowest BCUT2D eigenvalue weighted by Crippen LogP contribution is -2.27. The van der Waals surface area contributed by atoms with Crippen LogP contribution in [0.25, 0.3) is 11.1 Å². The zero-order chi connectivity index (χ0) is 13.3. The Morgan fingerprint density at radius 2 is 2.17 bits per heavy atom. The topological polar surface area (TPSA) is 102 Å². The number of carboxylic acid groups (broad SMARTS) is 1. The van der Waals surface area contributed by atoms with Crippen LogP contribution in [0.1, 0.15) is 10.4 Å². The molecule has 0 bridgehead atoms. The Morgan fingerprint density at radius 1 is 1.44 bits per heavy atom. The predicted octanol–water partition coefficient (Wildman–Crippen LogP) is 0.0387. The SMILES string of the molecule is CNC(=O)Cn1c(=O)oc2cc(C(=O)O)ccc21. The maximum atomic E-state index is 11.5. The van der Waals surface area contributed by atoms with Crippen molar-refractivity contribution < 1.29 is 19.1 Å². The van der Waals surface area contributed by atoms with Gasteiger partial charge < -0.3 is 14.8 Å². The van der Waals surface area contributed by atoms with E-state index in [-0.39, 0.29) is 23.6 Å². The zero-order valence-electron chi connectivity index (χ0n) is 9.47. The molecule has 2 rings (SSSR count). The molecule has 1 aromatic carbocycles. The smallest absolute Gasteiger partial charge is 0.420 e. The van der Waals surface area contributed by atoms with Gasteiger partial charge in [0.1, 0.15) is 6.54 Å². The molecule has 0 aliphatic carbocycles. The molecule has 0 aliphatic heterocycles. The molecule has 94 valence electrons. The summed E-state index contributed by atoms with van der Waals surface area (Å²) in [5.74, 6) is -2.16. The minimum absolute atomic E-state index is 0.0170. The molecule has 0 spiro atoms. The van der Waals surface area contributed by atoms with Gasteiger partial charge in [0.05, 0.1) is 11.1 Å². The summed E-state index contributed by atoms with van der Waals surface area (Å²) in [6.45, 7) is -0.172. The number of fused-ring (bicyclic) bond motifs is 1. The number of nitrogens with one attached hydrogen (secondary N) is 1. The number of rotatable bonds is 3. The maximum Gasteiger partial charge on any atom is 0.420 e. The van der Waals surface area contributed by atoms with Gasteiger partial charge in [0, 0.05) is 7.05 Å². The first kappa shape index (κ1) is 11.9. The molecular weight excluding hydrogens is 240 g/mol. The number of hydrogen-bond acceptors (Lipinski definition) is 4. The number of oxazole rings is 1. The van der Waals surface area contributed by atoms with E-state index in [1.165, 1.54) is 25.2 Å². The third-order valence-electron chi connectivity index (χ3n) is 2.50. The van der Waals surface area contributed by atoms with E-state index in [1.807, 2.05) is 0 Å². The van der Waals surface area contributed by atoms with Crippen LogP contribution in [0.15, 0.2) is 27.4 Å². The van der Waals surface area contributed by atoms with E-state index in [1.54, 1.807) is 0 Å². The molecule has 0 aliphatic rings. The number of benzene rings is 1. The minimum Gasteiger partial charge on any atom is -0.478 e. The maximum absolute atomic E-state index is 11.5. The lowest BCUT2D eigenvalue weighted by atomic mass is 10.2. The largest absolute Gasteiger partial charge is 0.478 e. The summed E-state index contributed by atoms with van der Waals surface area (Å²) in [6, 6.07) is 4.03. The molecule has 7 heteroatoms. The summed E-state index contributed by atoms with van der Waals surface area (Å²) in [6.07, 6.45) is 0. The molecule has 1 amide bonds. The number of hydrogen-bond donors (Lipinski definition) is 2. The fourth-order valence-electron chi connectivity index (χ4n) is 1.57. The highest BCUT2D eigenvalue weighted by Gasteiger charge is 2.13. The van der Waals surface area contributed by atoms with Crippen molar-refractivity contribution in [1.29, 1.82) is 0 Å². The molecule has 7 nitrogen and oxygen atoms in total. The van der Waals surface area contributed by atoms with E-state index >= 15 is 0 Å². The molecule has 1 aromatic heterocycles. The Kier molecular flexibility index (Phi) is 2.88. The summed E-state index contributed by atoms with van der Waals surface area (Å²) in [4.78, 5) is 33.6. The fourth-order valence-corrected chi connectivity index (χ4v) is 1.57. The van der Waals surface area contributed by atoms with Crippen molar-refractivity contribution >= 4 is 23.0 Å². The van der Waals surface area contributed by atoms with Crippen LogP contribution in [0.2, 0.25) is 0 Å². The van der Waals surface area contributed by atoms with E-state index in [0.717, 1.165) is 4.57 Å². The minimum atomic E-state index is -1.11. The first-order valence-corrected chi connectivity index (χ1v) is 5.10. The summed E-state index contributed by atoms with van der Waals surface area (Å²) in [5, 5.41) is 11.2. The van der Waals surface area contributed by atoms with Gasteiger partial charge in [-0.25, -0.2) is 9.59 Å². The Morgan fingerprint density at radius 3 is 2.78 bits per heavy atom. The first-order chi connectivity index (χ1) is 8.52. The Bertz CT molecular complexity index is 682. The average Bonchev–Trinajstić information content (AvgIpc) is 2.64.